The monoisotopic (exact) mass is 492 g/mol. The van der Waals surface area contributed by atoms with Crippen LogP contribution < -0.4 is 10.6 Å². The van der Waals surface area contributed by atoms with Crippen molar-refractivity contribution in [2.24, 2.45) is 0 Å². The lowest BCUT2D eigenvalue weighted by Gasteiger charge is -2.18. The van der Waals surface area contributed by atoms with Gasteiger partial charge in [-0.15, -0.1) is 0 Å². The van der Waals surface area contributed by atoms with Crippen LogP contribution in [0, 0.1) is 6.92 Å². The minimum absolute atomic E-state index is 0.192. The van der Waals surface area contributed by atoms with E-state index in [1.807, 2.05) is 36.4 Å². The number of rotatable bonds is 9. The first kappa shape index (κ1) is 24.4. The van der Waals surface area contributed by atoms with E-state index in [0.29, 0.717) is 39.8 Å². The van der Waals surface area contributed by atoms with Crippen LogP contribution in [0.2, 0.25) is 5.02 Å². The van der Waals surface area contributed by atoms with Crippen LogP contribution >= 0.6 is 11.6 Å². The Morgan fingerprint density at radius 1 is 1.11 bits per heavy atom. The highest BCUT2D eigenvalue weighted by molar-refractivity contribution is 6.31. The maximum absolute atomic E-state index is 13.1. The van der Waals surface area contributed by atoms with Crippen LogP contribution in [0.4, 0.5) is 5.69 Å². The van der Waals surface area contributed by atoms with Gasteiger partial charge in [0.25, 0.3) is 5.91 Å². The molecule has 0 bridgehead atoms. The summed E-state index contributed by atoms with van der Waals surface area (Å²) in [5, 5.41) is 15.1. The number of aryl methyl sites for hydroxylation is 1. The Labute approximate surface area is 207 Å². The molecular formula is C26H25ClN4O4. The molecule has 180 valence electrons. The van der Waals surface area contributed by atoms with E-state index in [4.69, 9.17) is 21.4 Å². The molecule has 0 unspecified atom stereocenters. The van der Waals surface area contributed by atoms with Crippen molar-refractivity contribution in [2.45, 2.75) is 19.6 Å². The van der Waals surface area contributed by atoms with Crippen molar-refractivity contribution >= 4 is 40.1 Å². The van der Waals surface area contributed by atoms with Crippen LogP contribution in [0.25, 0.3) is 11.0 Å². The fourth-order valence-electron chi connectivity index (χ4n) is 3.60. The van der Waals surface area contributed by atoms with Crippen LogP contribution in [-0.4, -0.2) is 40.1 Å². The number of benzene rings is 3. The fraction of sp³-hybridized carbons (Fsp3) is 0.192. The molecule has 0 spiro atoms. The molecule has 4 rings (SSSR count). The van der Waals surface area contributed by atoms with Gasteiger partial charge in [-0.1, -0.05) is 41.9 Å². The number of aromatic amines is 1. The SMILES string of the molecule is Cc1cc(C(=O)N[C@@H](COCc2ccccc2)c2nc3cc(Cl)ccc3[nH]2)ccc1NC(=O)CO. The third-order valence-electron chi connectivity index (χ3n) is 5.40. The van der Waals surface area contributed by atoms with Gasteiger partial charge in [0.2, 0.25) is 5.91 Å². The summed E-state index contributed by atoms with van der Waals surface area (Å²) in [7, 11) is 0. The summed E-state index contributed by atoms with van der Waals surface area (Å²) in [6.45, 7) is 1.73. The van der Waals surface area contributed by atoms with E-state index in [2.05, 4.69) is 20.6 Å². The maximum Gasteiger partial charge on any atom is 0.251 e. The summed E-state index contributed by atoms with van der Waals surface area (Å²) in [6.07, 6.45) is 0. The summed E-state index contributed by atoms with van der Waals surface area (Å²) < 4.78 is 5.92. The van der Waals surface area contributed by atoms with Crippen molar-refractivity contribution in [1.82, 2.24) is 15.3 Å². The quantitative estimate of drug-likeness (QED) is 0.280. The first-order valence-electron chi connectivity index (χ1n) is 11.0. The molecule has 0 radical (unpaired) electrons. The number of aromatic nitrogens is 2. The van der Waals surface area contributed by atoms with Crippen molar-refractivity contribution in [3.8, 4) is 0 Å². The highest BCUT2D eigenvalue weighted by Crippen LogP contribution is 2.22. The molecule has 1 heterocycles. The third-order valence-corrected chi connectivity index (χ3v) is 5.64. The molecule has 0 aliphatic rings. The number of carbonyl (C=O) groups is 2. The predicted molar refractivity (Wildman–Crippen MR) is 134 cm³/mol. The zero-order chi connectivity index (χ0) is 24.8. The molecule has 1 atom stereocenters. The number of imidazole rings is 1. The second-order valence-corrected chi connectivity index (χ2v) is 8.48. The number of anilines is 1. The number of hydrogen-bond acceptors (Lipinski definition) is 5. The Bertz CT molecular complexity index is 1340. The second kappa shape index (κ2) is 11.1. The molecule has 35 heavy (non-hydrogen) atoms. The normalized spacial score (nSPS) is 11.9. The number of amides is 2. The number of ether oxygens (including phenoxy) is 1. The van der Waals surface area contributed by atoms with Crippen molar-refractivity contribution in [2.75, 3.05) is 18.5 Å². The number of nitrogens with zero attached hydrogens (tertiary/aromatic N) is 1. The van der Waals surface area contributed by atoms with Gasteiger partial charge in [0.05, 0.1) is 24.2 Å². The number of halogens is 1. The van der Waals surface area contributed by atoms with Gasteiger partial charge < -0.3 is 25.5 Å². The predicted octanol–water partition coefficient (Wildman–Crippen LogP) is 4.14. The van der Waals surface area contributed by atoms with E-state index < -0.39 is 18.6 Å². The number of aliphatic hydroxyl groups excluding tert-OH is 1. The average molecular weight is 493 g/mol. The average Bonchev–Trinajstić information content (AvgIpc) is 3.28. The molecule has 0 aliphatic carbocycles. The molecule has 8 nitrogen and oxygen atoms in total. The molecule has 0 saturated carbocycles. The molecule has 0 fully saturated rings. The highest BCUT2D eigenvalue weighted by Gasteiger charge is 2.20. The van der Waals surface area contributed by atoms with E-state index in [1.54, 1.807) is 37.3 Å². The van der Waals surface area contributed by atoms with Gasteiger partial charge in [-0.25, -0.2) is 4.98 Å². The Balaban J connectivity index is 1.53. The number of aliphatic hydroxyl groups is 1. The van der Waals surface area contributed by atoms with Crippen LogP contribution in [-0.2, 0) is 16.1 Å². The lowest BCUT2D eigenvalue weighted by atomic mass is 10.1. The molecule has 1 aromatic heterocycles. The molecule has 2 amide bonds. The number of H-pyrrole nitrogens is 1. The number of fused-ring (bicyclic) bond motifs is 1. The molecule has 4 aromatic rings. The van der Waals surface area contributed by atoms with E-state index in [-0.39, 0.29) is 12.5 Å². The molecular weight excluding hydrogens is 468 g/mol. The maximum atomic E-state index is 13.1. The molecule has 0 aliphatic heterocycles. The second-order valence-electron chi connectivity index (χ2n) is 8.05. The smallest absolute Gasteiger partial charge is 0.251 e. The molecule has 9 heteroatoms. The first-order valence-corrected chi connectivity index (χ1v) is 11.4. The molecule has 0 saturated heterocycles. The summed E-state index contributed by atoms with van der Waals surface area (Å²) >= 11 is 6.10. The fourth-order valence-corrected chi connectivity index (χ4v) is 3.76. The molecule has 4 N–H and O–H groups in total. The van der Waals surface area contributed by atoms with Gasteiger partial charge in [-0.2, -0.15) is 0 Å². The Hall–Kier alpha value is -3.72. The third kappa shape index (κ3) is 6.24. The van der Waals surface area contributed by atoms with E-state index in [0.717, 1.165) is 11.1 Å². The highest BCUT2D eigenvalue weighted by atomic mass is 35.5. The van der Waals surface area contributed by atoms with Gasteiger partial charge in [0.15, 0.2) is 0 Å². The van der Waals surface area contributed by atoms with Crippen LogP contribution in [0.5, 0.6) is 0 Å². The van der Waals surface area contributed by atoms with Gasteiger partial charge in [0, 0.05) is 16.3 Å². The van der Waals surface area contributed by atoms with Crippen molar-refractivity contribution < 1.29 is 19.4 Å². The van der Waals surface area contributed by atoms with Gasteiger partial charge >= 0.3 is 0 Å². The van der Waals surface area contributed by atoms with Crippen molar-refractivity contribution in [3.63, 3.8) is 0 Å². The summed E-state index contributed by atoms with van der Waals surface area (Å²) in [6, 6.07) is 19.5. The van der Waals surface area contributed by atoms with E-state index in [9.17, 15) is 9.59 Å². The zero-order valence-corrected chi connectivity index (χ0v) is 19.8. The minimum atomic E-state index is -0.616. The van der Waals surface area contributed by atoms with Gasteiger partial charge in [0.1, 0.15) is 18.5 Å². The Morgan fingerprint density at radius 3 is 2.66 bits per heavy atom. The Kier molecular flexibility index (Phi) is 7.77. The number of hydrogen-bond donors (Lipinski definition) is 4. The van der Waals surface area contributed by atoms with E-state index in [1.165, 1.54) is 0 Å². The van der Waals surface area contributed by atoms with Gasteiger partial charge in [-0.05, 0) is 54.4 Å². The number of nitrogens with one attached hydrogen (secondary N) is 3. The summed E-state index contributed by atoms with van der Waals surface area (Å²) in [5.41, 5.74) is 4.13. The standard InChI is InChI=1S/C26H25ClN4O4/c1-16-11-18(7-9-20(16)28-24(33)13-32)26(34)31-23(15-35-14-17-5-3-2-4-6-17)25-29-21-10-8-19(27)12-22(21)30-25/h2-12,23,32H,13-15H2,1H3,(H,28,33)(H,29,30)(H,31,34)/t23-/m0/s1. The Morgan fingerprint density at radius 2 is 1.91 bits per heavy atom. The lowest BCUT2D eigenvalue weighted by molar-refractivity contribution is -0.118. The van der Waals surface area contributed by atoms with Crippen molar-refractivity contribution in [3.05, 3.63) is 94.3 Å². The van der Waals surface area contributed by atoms with Crippen LogP contribution in [0.3, 0.4) is 0 Å². The number of carbonyl (C=O) groups excluding carboxylic acids is 2. The van der Waals surface area contributed by atoms with E-state index >= 15 is 0 Å². The minimum Gasteiger partial charge on any atom is -0.387 e. The van der Waals surface area contributed by atoms with Crippen molar-refractivity contribution in [1.29, 1.82) is 0 Å². The lowest BCUT2D eigenvalue weighted by Crippen LogP contribution is -2.32. The topological polar surface area (TPSA) is 116 Å². The van der Waals surface area contributed by atoms with Crippen LogP contribution in [0.1, 0.15) is 33.4 Å². The summed E-state index contributed by atoms with van der Waals surface area (Å²) in [5.74, 6) is -0.293. The largest absolute Gasteiger partial charge is 0.387 e. The van der Waals surface area contributed by atoms with Crippen LogP contribution in [0.15, 0.2) is 66.7 Å². The zero-order valence-electron chi connectivity index (χ0n) is 19.0. The first-order chi connectivity index (χ1) is 16.9. The summed E-state index contributed by atoms with van der Waals surface area (Å²) in [4.78, 5) is 32.5. The molecule has 3 aromatic carbocycles. The van der Waals surface area contributed by atoms with Gasteiger partial charge in [-0.3, -0.25) is 9.59 Å².